The second kappa shape index (κ2) is 11.6. The van der Waals surface area contributed by atoms with Crippen molar-refractivity contribution in [1.29, 1.82) is 0 Å². The Balaban J connectivity index is 1.70. The van der Waals surface area contributed by atoms with Gasteiger partial charge in [-0.2, -0.15) is 12.6 Å². The van der Waals surface area contributed by atoms with Crippen molar-refractivity contribution in [1.82, 2.24) is 10.6 Å². The minimum absolute atomic E-state index is 0.0653. The van der Waals surface area contributed by atoms with E-state index in [-0.39, 0.29) is 18.2 Å². The molecule has 1 unspecified atom stereocenters. The summed E-state index contributed by atoms with van der Waals surface area (Å²) in [5.74, 6) is -1.75. The van der Waals surface area contributed by atoms with Crippen molar-refractivity contribution >= 4 is 30.4 Å². The Kier molecular flexibility index (Phi) is 8.78. The molecule has 7 heteroatoms. The topological polar surface area (TPSA) is 95.5 Å². The lowest BCUT2D eigenvalue weighted by Gasteiger charge is -2.32. The highest BCUT2D eigenvalue weighted by atomic mass is 32.1. The zero-order valence-corrected chi connectivity index (χ0v) is 20.7. The third-order valence-corrected chi connectivity index (χ3v) is 7.55. The molecule has 0 spiro atoms. The van der Waals surface area contributed by atoms with Crippen LogP contribution in [0.5, 0.6) is 0 Å². The van der Waals surface area contributed by atoms with E-state index < -0.39 is 28.7 Å². The highest BCUT2D eigenvalue weighted by Crippen LogP contribution is 2.31. The fraction of sp³-hybridized carbons (Fsp3) is 0.444. The van der Waals surface area contributed by atoms with Gasteiger partial charge in [-0.3, -0.25) is 9.59 Å². The summed E-state index contributed by atoms with van der Waals surface area (Å²) in [5, 5.41) is 14.9. The standard InChI is InChI=1S/C27H34N2O4S/c1-3-18(2)23(34)24(30)29-27(15-7-8-16-27)26(33)28-22(25(31)32)17-19-11-13-21(14-12-19)20-9-5-4-6-10-20/h4-6,9-14,18,22-23,34H,3,7-8,15-17H2,1-2H3,(H,28,33)(H,29,30)(H,31,32)/t18-,22?,23-/m1/s1. The van der Waals surface area contributed by atoms with Gasteiger partial charge in [-0.05, 0) is 35.4 Å². The van der Waals surface area contributed by atoms with Gasteiger partial charge in [-0.25, -0.2) is 4.79 Å². The second-order valence-corrected chi connectivity index (χ2v) is 9.80. The molecular weight excluding hydrogens is 448 g/mol. The average Bonchev–Trinajstić information content (AvgIpc) is 3.33. The quantitative estimate of drug-likeness (QED) is 0.381. The van der Waals surface area contributed by atoms with E-state index in [1.54, 1.807) is 0 Å². The number of carbonyl (C=O) groups is 3. The molecule has 1 aliphatic rings. The smallest absolute Gasteiger partial charge is 0.326 e. The summed E-state index contributed by atoms with van der Waals surface area (Å²) in [6, 6.07) is 16.5. The maximum atomic E-state index is 13.3. The van der Waals surface area contributed by atoms with Gasteiger partial charge in [0.15, 0.2) is 0 Å². The van der Waals surface area contributed by atoms with Gasteiger partial charge in [0, 0.05) is 6.42 Å². The van der Waals surface area contributed by atoms with Crippen molar-refractivity contribution in [3.63, 3.8) is 0 Å². The first kappa shape index (κ1) is 25.8. The molecule has 3 atom stereocenters. The minimum Gasteiger partial charge on any atom is -0.480 e. The van der Waals surface area contributed by atoms with E-state index in [0.717, 1.165) is 36.0 Å². The van der Waals surface area contributed by atoms with Crippen LogP contribution < -0.4 is 10.6 Å². The van der Waals surface area contributed by atoms with Crippen LogP contribution in [0.2, 0.25) is 0 Å². The van der Waals surface area contributed by atoms with Crippen LogP contribution in [0.25, 0.3) is 11.1 Å². The fourth-order valence-corrected chi connectivity index (χ4v) is 4.65. The SMILES string of the molecule is CC[C@@H](C)[C@@H](S)C(=O)NC1(C(=O)NC(Cc2ccc(-c3ccccc3)cc2)C(=O)O)CCCC1. The zero-order chi connectivity index (χ0) is 24.7. The zero-order valence-electron chi connectivity index (χ0n) is 19.8. The van der Waals surface area contributed by atoms with Crippen molar-refractivity contribution in [2.24, 2.45) is 5.92 Å². The van der Waals surface area contributed by atoms with Crippen LogP contribution in [-0.2, 0) is 20.8 Å². The number of hydrogen-bond acceptors (Lipinski definition) is 4. The molecule has 2 aromatic carbocycles. The Morgan fingerprint density at radius 1 is 1.00 bits per heavy atom. The fourth-order valence-electron chi connectivity index (χ4n) is 4.37. The summed E-state index contributed by atoms with van der Waals surface area (Å²) >= 11 is 4.44. The molecule has 2 amide bonds. The molecule has 3 rings (SSSR count). The second-order valence-electron chi connectivity index (χ2n) is 9.24. The first-order valence-corrected chi connectivity index (χ1v) is 12.5. The molecule has 34 heavy (non-hydrogen) atoms. The maximum absolute atomic E-state index is 13.3. The lowest BCUT2D eigenvalue weighted by Crippen LogP contribution is -2.61. The molecule has 2 aromatic rings. The van der Waals surface area contributed by atoms with Gasteiger partial charge in [0.05, 0.1) is 5.25 Å². The van der Waals surface area contributed by atoms with E-state index >= 15 is 0 Å². The van der Waals surface area contributed by atoms with Crippen LogP contribution >= 0.6 is 12.6 Å². The van der Waals surface area contributed by atoms with E-state index in [1.807, 2.05) is 68.4 Å². The number of amides is 2. The highest BCUT2D eigenvalue weighted by Gasteiger charge is 2.44. The lowest BCUT2D eigenvalue weighted by molar-refractivity contribution is -0.143. The van der Waals surface area contributed by atoms with Gasteiger partial charge in [0.1, 0.15) is 11.6 Å². The third kappa shape index (κ3) is 6.20. The van der Waals surface area contributed by atoms with E-state index in [9.17, 15) is 19.5 Å². The van der Waals surface area contributed by atoms with E-state index in [0.29, 0.717) is 12.8 Å². The summed E-state index contributed by atoms with van der Waals surface area (Å²) in [7, 11) is 0. The number of thiol groups is 1. The van der Waals surface area contributed by atoms with Crippen molar-refractivity contribution in [3.05, 3.63) is 60.2 Å². The summed E-state index contributed by atoms with van der Waals surface area (Å²) in [6.45, 7) is 3.94. The van der Waals surface area contributed by atoms with E-state index in [2.05, 4.69) is 23.3 Å². The molecular formula is C27H34N2O4S. The number of carboxylic acids is 1. The van der Waals surface area contributed by atoms with Crippen molar-refractivity contribution < 1.29 is 19.5 Å². The number of carbonyl (C=O) groups excluding carboxylic acids is 2. The van der Waals surface area contributed by atoms with Gasteiger partial charge in [-0.15, -0.1) is 0 Å². The van der Waals surface area contributed by atoms with Crippen LogP contribution in [-0.4, -0.2) is 39.7 Å². The summed E-state index contributed by atoms with van der Waals surface area (Å²) in [4.78, 5) is 38.1. The van der Waals surface area contributed by atoms with Gasteiger partial charge < -0.3 is 15.7 Å². The third-order valence-electron chi connectivity index (χ3n) is 6.81. The van der Waals surface area contributed by atoms with Gasteiger partial charge in [0.2, 0.25) is 11.8 Å². The normalized spacial score (nSPS) is 17.4. The summed E-state index contributed by atoms with van der Waals surface area (Å²) in [6.07, 6.45) is 3.53. The molecule has 3 N–H and O–H groups in total. The van der Waals surface area contributed by atoms with Crippen LogP contribution in [0, 0.1) is 5.92 Å². The van der Waals surface area contributed by atoms with E-state index in [4.69, 9.17) is 0 Å². The number of nitrogens with one attached hydrogen (secondary N) is 2. The van der Waals surface area contributed by atoms with Gasteiger partial charge in [-0.1, -0.05) is 87.7 Å². The predicted octanol–water partition coefficient (Wildman–Crippen LogP) is 4.24. The molecule has 1 aliphatic carbocycles. The molecule has 1 saturated carbocycles. The van der Waals surface area contributed by atoms with E-state index in [1.165, 1.54) is 0 Å². The Morgan fingerprint density at radius 3 is 2.15 bits per heavy atom. The van der Waals surface area contributed by atoms with Crippen LogP contribution in [0.15, 0.2) is 54.6 Å². The predicted molar refractivity (Wildman–Crippen MR) is 137 cm³/mol. The number of rotatable bonds is 10. The lowest BCUT2D eigenvalue weighted by atomic mass is 9.93. The molecule has 182 valence electrons. The first-order chi connectivity index (χ1) is 16.3. The number of hydrogen-bond donors (Lipinski definition) is 4. The minimum atomic E-state index is -1.10. The molecule has 0 radical (unpaired) electrons. The van der Waals surface area contributed by atoms with Gasteiger partial charge >= 0.3 is 5.97 Å². The molecule has 0 bridgehead atoms. The van der Waals surface area contributed by atoms with Crippen molar-refractivity contribution in [2.45, 2.75) is 69.2 Å². The van der Waals surface area contributed by atoms with Crippen molar-refractivity contribution in [2.75, 3.05) is 0 Å². The number of aliphatic carboxylic acids is 1. The van der Waals surface area contributed by atoms with Crippen LogP contribution in [0.1, 0.15) is 51.5 Å². The van der Waals surface area contributed by atoms with Crippen LogP contribution in [0.4, 0.5) is 0 Å². The summed E-state index contributed by atoms with van der Waals surface area (Å²) in [5.41, 5.74) is 1.84. The molecule has 6 nitrogen and oxygen atoms in total. The largest absolute Gasteiger partial charge is 0.480 e. The highest BCUT2D eigenvalue weighted by molar-refractivity contribution is 7.81. The van der Waals surface area contributed by atoms with Crippen LogP contribution in [0.3, 0.4) is 0 Å². The number of carboxylic acid groups (broad SMARTS) is 1. The summed E-state index contributed by atoms with van der Waals surface area (Å²) < 4.78 is 0. The van der Waals surface area contributed by atoms with Crippen molar-refractivity contribution in [3.8, 4) is 11.1 Å². The molecule has 1 fully saturated rings. The maximum Gasteiger partial charge on any atom is 0.326 e. The van der Waals surface area contributed by atoms with Gasteiger partial charge in [0.25, 0.3) is 0 Å². The molecule has 0 saturated heterocycles. The molecule has 0 aromatic heterocycles. The Hall–Kier alpha value is -2.80. The first-order valence-electron chi connectivity index (χ1n) is 11.9. The average molecular weight is 483 g/mol. The molecule has 0 aliphatic heterocycles. The molecule has 0 heterocycles. The Bertz CT molecular complexity index is 987. The number of benzene rings is 2. The monoisotopic (exact) mass is 482 g/mol. The Morgan fingerprint density at radius 2 is 1.59 bits per heavy atom. The Labute approximate surface area is 206 Å².